The Morgan fingerprint density at radius 3 is 2.75 bits per heavy atom. The number of carbonyl (C=O) groups is 1. The first-order valence-electron chi connectivity index (χ1n) is 7.30. The van der Waals surface area contributed by atoms with Crippen molar-refractivity contribution in [3.63, 3.8) is 0 Å². The van der Waals surface area contributed by atoms with E-state index in [9.17, 15) is 4.79 Å². The molecule has 5 heteroatoms. The minimum atomic E-state index is -0.303. The fourth-order valence-electron chi connectivity index (χ4n) is 2.20. The van der Waals surface area contributed by atoms with Crippen molar-refractivity contribution in [3.8, 4) is 0 Å². The first-order valence-corrected chi connectivity index (χ1v) is 7.30. The van der Waals surface area contributed by atoms with Crippen LogP contribution in [0.15, 0.2) is 18.3 Å². The maximum atomic E-state index is 11.4. The second-order valence-electron chi connectivity index (χ2n) is 5.90. The van der Waals surface area contributed by atoms with Gasteiger partial charge in [-0.05, 0) is 43.9 Å². The number of hydrogen-bond acceptors (Lipinski definition) is 4. The fourth-order valence-corrected chi connectivity index (χ4v) is 2.20. The van der Waals surface area contributed by atoms with Gasteiger partial charge < -0.3 is 0 Å². The predicted molar refractivity (Wildman–Crippen MR) is 78.8 cm³/mol. The highest BCUT2D eigenvalue weighted by Gasteiger charge is 2.28. The van der Waals surface area contributed by atoms with Gasteiger partial charge in [-0.15, -0.1) is 0 Å². The maximum absolute atomic E-state index is 11.4. The van der Waals surface area contributed by atoms with E-state index in [0.717, 1.165) is 30.7 Å². The van der Waals surface area contributed by atoms with E-state index < -0.39 is 0 Å². The molecule has 0 unspecified atom stereocenters. The molecule has 110 valence electrons. The van der Waals surface area contributed by atoms with Crippen LogP contribution in [0.5, 0.6) is 0 Å². The number of nitrogens with two attached hydrogens (primary N) is 1. The summed E-state index contributed by atoms with van der Waals surface area (Å²) in [5.41, 5.74) is 3.62. The molecule has 0 spiro atoms. The molecule has 1 aromatic heterocycles. The summed E-state index contributed by atoms with van der Waals surface area (Å²) in [7, 11) is 0. The number of amides is 1. The van der Waals surface area contributed by atoms with Gasteiger partial charge in [0.05, 0.1) is 11.3 Å². The number of nitrogens with one attached hydrogen (secondary N) is 1. The van der Waals surface area contributed by atoms with E-state index in [-0.39, 0.29) is 5.91 Å². The van der Waals surface area contributed by atoms with E-state index in [0.29, 0.717) is 5.56 Å². The first kappa shape index (κ1) is 14.9. The molecule has 0 aromatic carbocycles. The van der Waals surface area contributed by atoms with E-state index >= 15 is 0 Å². The Morgan fingerprint density at radius 1 is 1.50 bits per heavy atom. The van der Waals surface area contributed by atoms with E-state index in [1.807, 2.05) is 6.07 Å². The molecule has 5 nitrogen and oxygen atoms in total. The molecule has 1 aliphatic carbocycles. The van der Waals surface area contributed by atoms with Gasteiger partial charge in [0.2, 0.25) is 0 Å². The summed E-state index contributed by atoms with van der Waals surface area (Å²) < 4.78 is 0. The Balaban J connectivity index is 1.94. The molecule has 2 rings (SSSR count). The summed E-state index contributed by atoms with van der Waals surface area (Å²) in [6.07, 6.45) is 5.40. The van der Waals surface area contributed by atoms with Gasteiger partial charge in [0.15, 0.2) is 0 Å². The number of hydrazine groups is 1. The van der Waals surface area contributed by atoms with Crippen molar-refractivity contribution in [1.29, 1.82) is 0 Å². The molecular weight excluding hydrogens is 252 g/mol. The van der Waals surface area contributed by atoms with Crippen LogP contribution in [-0.2, 0) is 6.54 Å². The summed E-state index contributed by atoms with van der Waals surface area (Å²) in [6.45, 7) is 6.49. The molecular formula is C15H24N4O. The van der Waals surface area contributed by atoms with Gasteiger partial charge in [0.1, 0.15) is 0 Å². The Bertz CT molecular complexity index is 440. The molecule has 1 aromatic rings. The minimum Gasteiger partial charge on any atom is -0.295 e. The second-order valence-corrected chi connectivity index (χ2v) is 5.90. The fraction of sp³-hybridized carbons (Fsp3) is 0.600. The zero-order chi connectivity index (χ0) is 14.5. The molecule has 0 atom stereocenters. The Labute approximate surface area is 120 Å². The summed E-state index contributed by atoms with van der Waals surface area (Å²) in [4.78, 5) is 18.2. The lowest BCUT2D eigenvalue weighted by atomic mass is 10.1. The molecule has 3 N–H and O–H groups in total. The normalized spacial score (nSPS) is 14.8. The zero-order valence-corrected chi connectivity index (χ0v) is 12.3. The first-order chi connectivity index (χ1) is 9.60. The van der Waals surface area contributed by atoms with Crippen LogP contribution in [0, 0.1) is 5.92 Å². The number of aromatic nitrogens is 1. The van der Waals surface area contributed by atoms with Crippen molar-refractivity contribution in [2.24, 2.45) is 11.8 Å². The van der Waals surface area contributed by atoms with Crippen LogP contribution in [0.2, 0.25) is 0 Å². The third kappa shape index (κ3) is 4.28. The third-order valence-electron chi connectivity index (χ3n) is 3.64. The lowest BCUT2D eigenvalue weighted by Gasteiger charge is -2.22. The van der Waals surface area contributed by atoms with Gasteiger partial charge in [0, 0.05) is 18.8 Å². The SMILES string of the molecule is CC(C)CCN(Cc1ccc(C(=O)NN)cn1)C1CC1. The van der Waals surface area contributed by atoms with Crippen molar-refractivity contribution in [1.82, 2.24) is 15.3 Å². The lowest BCUT2D eigenvalue weighted by Crippen LogP contribution is -2.30. The van der Waals surface area contributed by atoms with Crippen LogP contribution in [0.1, 0.15) is 49.2 Å². The van der Waals surface area contributed by atoms with E-state index in [4.69, 9.17) is 5.84 Å². The molecule has 20 heavy (non-hydrogen) atoms. The molecule has 1 aliphatic rings. The molecule has 1 fully saturated rings. The van der Waals surface area contributed by atoms with Crippen LogP contribution in [0.25, 0.3) is 0 Å². The second kappa shape index (κ2) is 6.81. The smallest absolute Gasteiger partial charge is 0.266 e. The molecule has 0 radical (unpaired) electrons. The van der Waals surface area contributed by atoms with Gasteiger partial charge in [-0.3, -0.25) is 20.1 Å². The van der Waals surface area contributed by atoms with Crippen LogP contribution in [0.4, 0.5) is 0 Å². The van der Waals surface area contributed by atoms with Gasteiger partial charge in [0.25, 0.3) is 5.91 Å². The highest BCUT2D eigenvalue weighted by atomic mass is 16.2. The van der Waals surface area contributed by atoms with Crippen molar-refractivity contribution >= 4 is 5.91 Å². The summed E-state index contributed by atoms with van der Waals surface area (Å²) in [5, 5.41) is 0. The van der Waals surface area contributed by atoms with Gasteiger partial charge in [-0.25, -0.2) is 5.84 Å². The molecule has 0 aliphatic heterocycles. The van der Waals surface area contributed by atoms with Gasteiger partial charge in [-0.2, -0.15) is 0 Å². The van der Waals surface area contributed by atoms with Crippen molar-refractivity contribution < 1.29 is 4.79 Å². The lowest BCUT2D eigenvalue weighted by molar-refractivity contribution is 0.0953. The van der Waals surface area contributed by atoms with Gasteiger partial charge in [-0.1, -0.05) is 13.8 Å². The number of hydrogen-bond donors (Lipinski definition) is 2. The highest BCUT2D eigenvalue weighted by Crippen LogP contribution is 2.28. The number of pyridine rings is 1. The van der Waals surface area contributed by atoms with Gasteiger partial charge >= 0.3 is 0 Å². The molecule has 1 saturated carbocycles. The molecule has 1 heterocycles. The molecule has 1 amide bonds. The van der Waals surface area contributed by atoms with Crippen molar-refractivity contribution in [2.75, 3.05) is 6.54 Å². The average Bonchev–Trinajstić information content (AvgIpc) is 3.27. The Hall–Kier alpha value is -1.46. The third-order valence-corrected chi connectivity index (χ3v) is 3.64. The average molecular weight is 276 g/mol. The highest BCUT2D eigenvalue weighted by molar-refractivity contribution is 5.93. The molecule has 0 saturated heterocycles. The summed E-state index contributed by atoms with van der Waals surface area (Å²) in [5.74, 6) is 5.52. The standard InChI is InChI=1S/C15H24N4O/c1-11(2)7-8-19(14-5-6-14)10-13-4-3-12(9-17-13)15(20)18-16/h3-4,9,11,14H,5-8,10,16H2,1-2H3,(H,18,20). The van der Waals surface area contributed by atoms with Crippen molar-refractivity contribution in [2.45, 2.75) is 45.7 Å². The monoisotopic (exact) mass is 276 g/mol. The predicted octanol–water partition coefficient (Wildman–Crippen LogP) is 1.70. The Morgan fingerprint density at radius 2 is 2.25 bits per heavy atom. The quantitative estimate of drug-likeness (QED) is 0.452. The van der Waals surface area contributed by atoms with E-state index in [2.05, 4.69) is 29.2 Å². The van der Waals surface area contributed by atoms with E-state index in [1.54, 1.807) is 12.3 Å². The Kier molecular flexibility index (Phi) is 5.09. The number of nitrogens with zero attached hydrogens (tertiary/aromatic N) is 2. The number of carbonyl (C=O) groups excluding carboxylic acids is 1. The van der Waals surface area contributed by atoms with Crippen LogP contribution < -0.4 is 11.3 Å². The number of rotatable bonds is 7. The topological polar surface area (TPSA) is 71.2 Å². The molecule has 0 bridgehead atoms. The zero-order valence-electron chi connectivity index (χ0n) is 12.3. The summed E-state index contributed by atoms with van der Waals surface area (Å²) >= 11 is 0. The maximum Gasteiger partial charge on any atom is 0.266 e. The van der Waals surface area contributed by atoms with Crippen LogP contribution in [0.3, 0.4) is 0 Å². The number of nitrogen functional groups attached to an aromatic ring is 1. The van der Waals surface area contributed by atoms with Crippen molar-refractivity contribution in [3.05, 3.63) is 29.6 Å². The minimum absolute atomic E-state index is 0.303. The van der Waals surface area contributed by atoms with Crippen LogP contribution in [-0.4, -0.2) is 28.4 Å². The van der Waals surface area contributed by atoms with E-state index in [1.165, 1.54) is 19.3 Å². The summed E-state index contributed by atoms with van der Waals surface area (Å²) in [6, 6.07) is 4.41. The largest absolute Gasteiger partial charge is 0.295 e. The van der Waals surface area contributed by atoms with Crippen LogP contribution >= 0.6 is 0 Å².